The maximum absolute atomic E-state index is 11.7. The van der Waals surface area contributed by atoms with Crippen molar-refractivity contribution in [1.29, 1.82) is 0 Å². The van der Waals surface area contributed by atoms with Gasteiger partial charge in [0, 0.05) is 12.6 Å². The lowest BCUT2D eigenvalue weighted by atomic mass is 10.2. The van der Waals surface area contributed by atoms with Crippen LogP contribution in [-0.4, -0.2) is 38.6 Å². The Labute approximate surface area is 111 Å². The Hall–Kier alpha value is -0.710. The molecular formula is C9H11IN2O5. The van der Waals surface area contributed by atoms with Crippen LogP contribution in [0, 0.1) is 3.57 Å². The molecule has 0 radical (unpaired) electrons. The van der Waals surface area contributed by atoms with Crippen LogP contribution in [0.4, 0.5) is 0 Å². The van der Waals surface area contributed by atoms with E-state index in [2.05, 4.69) is 4.98 Å². The van der Waals surface area contributed by atoms with Gasteiger partial charge in [-0.1, -0.05) is 0 Å². The zero-order valence-electron chi connectivity index (χ0n) is 9.59. The van der Waals surface area contributed by atoms with Crippen molar-refractivity contribution in [2.45, 2.75) is 24.9 Å². The van der Waals surface area contributed by atoms with E-state index in [-0.39, 0.29) is 22.8 Å². The number of hydrogen-bond donors (Lipinski definition) is 3. The van der Waals surface area contributed by atoms with Crippen LogP contribution < -0.4 is 11.2 Å². The molecule has 1 aliphatic rings. The molecule has 0 aliphatic carbocycles. The van der Waals surface area contributed by atoms with E-state index in [4.69, 9.17) is 11.2 Å². The quantitative estimate of drug-likeness (QED) is 0.577. The van der Waals surface area contributed by atoms with Crippen LogP contribution in [0.3, 0.4) is 0 Å². The maximum Gasteiger partial charge on any atom is 0.330 e. The number of nitrogens with one attached hydrogen (secondary N) is 1. The lowest BCUT2D eigenvalue weighted by molar-refractivity contribution is -0.0459. The van der Waals surface area contributed by atoms with Gasteiger partial charge in [0.25, 0.3) is 5.56 Å². The average Bonchev–Trinajstić information content (AvgIpc) is 2.67. The van der Waals surface area contributed by atoms with E-state index in [1.165, 1.54) is 0 Å². The average molecular weight is 356 g/mol. The predicted octanol–water partition coefficient (Wildman–Crippen LogP) is -1.22. The molecule has 1 aromatic rings. The van der Waals surface area contributed by atoms with E-state index in [1.807, 2.05) is 0 Å². The molecule has 7 nitrogen and oxygen atoms in total. The van der Waals surface area contributed by atoms with Crippen molar-refractivity contribution in [3.05, 3.63) is 30.6 Å². The summed E-state index contributed by atoms with van der Waals surface area (Å²) in [4.78, 5) is 25.0. The topological polar surface area (TPSA) is 105 Å². The van der Waals surface area contributed by atoms with Crippen molar-refractivity contribution in [2.24, 2.45) is 0 Å². The molecule has 2 rings (SSSR count). The van der Waals surface area contributed by atoms with Crippen molar-refractivity contribution >= 4 is 22.6 Å². The third kappa shape index (κ3) is 2.44. The zero-order valence-corrected chi connectivity index (χ0v) is 10.7. The fourth-order valence-corrected chi connectivity index (χ4v) is 2.05. The Morgan fingerprint density at radius 3 is 3.00 bits per heavy atom. The van der Waals surface area contributed by atoms with Crippen LogP contribution in [0.1, 0.15) is 14.0 Å². The smallest absolute Gasteiger partial charge is 0.330 e. The van der Waals surface area contributed by atoms with Crippen LogP contribution >= 0.6 is 22.6 Å². The highest BCUT2D eigenvalue weighted by atomic mass is 127. The molecule has 0 bridgehead atoms. The van der Waals surface area contributed by atoms with Gasteiger partial charge in [-0.3, -0.25) is 14.3 Å². The second kappa shape index (κ2) is 4.88. The number of H-pyrrole nitrogens is 1. The summed E-state index contributed by atoms with van der Waals surface area (Å²) in [6.45, 7) is -0.375. The largest absolute Gasteiger partial charge is 0.394 e. The number of aromatic nitrogens is 2. The van der Waals surface area contributed by atoms with E-state index in [0.717, 1.165) is 4.57 Å². The van der Waals surface area contributed by atoms with Crippen LogP contribution in [0.15, 0.2) is 15.8 Å². The van der Waals surface area contributed by atoms with Crippen molar-refractivity contribution < 1.29 is 16.3 Å². The minimum Gasteiger partial charge on any atom is -0.394 e. The monoisotopic (exact) mass is 356 g/mol. The van der Waals surface area contributed by atoms with Crippen LogP contribution in [0.25, 0.3) is 0 Å². The van der Waals surface area contributed by atoms with E-state index in [1.54, 1.807) is 22.6 Å². The van der Waals surface area contributed by atoms with Gasteiger partial charge in [0.1, 0.15) is 12.3 Å². The summed E-state index contributed by atoms with van der Waals surface area (Å²) in [5, 5.41) is 18.6. The summed E-state index contributed by atoms with van der Waals surface area (Å²) in [5.74, 6) is 0. The van der Waals surface area contributed by atoms with Crippen LogP contribution in [0.5, 0.6) is 0 Å². The van der Waals surface area contributed by atoms with Crippen LogP contribution in [-0.2, 0) is 4.74 Å². The van der Waals surface area contributed by atoms with Gasteiger partial charge in [0.15, 0.2) is 0 Å². The molecule has 2 heterocycles. The fourth-order valence-electron chi connectivity index (χ4n) is 1.66. The Morgan fingerprint density at radius 1 is 1.71 bits per heavy atom. The molecule has 3 N–H and O–H groups in total. The van der Waals surface area contributed by atoms with Crippen molar-refractivity contribution in [2.75, 3.05) is 6.61 Å². The Bertz CT molecular complexity index is 571. The van der Waals surface area contributed by atoms with Gasteiger partial charge in [-0.05, 0) is 22.6 Å². The second-order valence-electron chi connectivity index (χ2n) is 3.67. The molecule has 3 atom stereocenters. The Morgan fingerprint density at radius 2 is 2.41 bits per heavy atom. The third-order valence-corrected chi connectivity index (χ3v) is 3.26. The highest BCUT2D eigenvalue weighted by molar-refractivity contribution is 14.1. The first kappa shape index (κ1) is 11.4. The second-order valence-corrected chi connectivity index (χ2v) is 4.75. The first-order valence-corrected chi connectivity index (χ1v) is 5.99. The van der Waals surface area contributed by atoms with Gasteiger partial charge in [-0.25, -0.2) is 4.79 Å². The summed E-state index contributed by atoms with van der Waals surface area (Å²) in [7, 11) is 0. The number of ether oxygens (including phenoxy) is 1. The van der Waals surface area contributed by atoms with Crippen molar-refractivity contribution in [1.82, 2.24) is 9.55 Å². The SMILES string of the molecule is [3H]c1c(I)c(=O)[nH]c(=O)n1[C@H]1C[C@H](O)[C@@H](CO)O1. The standard InChI is InChI=1S/C9H11IN2O5/c10-4-2-12(9(16)11-8(4)15)7-1-5(14)6(3-13)17-7/h2,5-7,13-14H,1,3H2,(H,11,15,16)/t5-,6+,7+/m0/s1/i2T. The summed E-state index contributed by atoms with van der Waals surface area (Å²) in [5.41, 5.74) is -1.39. The number of hydrogen-bond acceptors (Lipinski definition) is 5. The highest BCUT2D eigenvalue weighted by Crippen LogP contribution is 2.27. The first-order valence-electron chi connectivity index (χ1n) is 5.41. The normalized spacial score (nSPS) is 29.4. The van der Waals surface area contributed by atoms with E-state index in [0.29, 0.717) is 0 Å². The number of aliphatic hydroxyl groups excluding tert-OH is 2. The number of aliphatic hydroxyl groups is 2. The molecule has 0 unspecified atom stereocenters. The zero-order chi connectivity index (χ0) is 13.4. The minimum absolute atomic E-state index is 0.0674. The van der Waals surface area contributed by atoms with Gasteiger partial charge in [-0.15, -0.1) is 0 Å². The summed E-state index contributed by atoms with van der Waals surface area (Å²) >= 11 is 1.66. The van der Waals surface area contributed by atoms with Gasteiger partial charge < -0.3 is 14.9 Å². The molecule has 17 heavy (non-hydrogen) atoms. The van der Waals surface area contributed by atoms with Crippen molar-refractivity contribution in [3.8, 4) is 0 Å². The highest BCUT2D eigenvalue weighted by Gasteiger charge is 2.34. The van der Waals surface area contributed by atoms with Crippen molar-refractivity contribution in [3.63, 3.8) is 0 Å². The molecule has 8 heteroatoms. The summed E-state index contributed by atoms with van der Waals surface area (Å²) < 4.78 is 14.1. The summed E-state index contributed by atoms with van der Waals surface area (Å²) in [6.07, 6.45) is -2.73. The molecule has 94 valence electrons. The molecule has 0 amide bonds. The molecule has 1 saturated heterocycles. The lowest BCUT2D eigenvalue weighted by Gasteiger charge is -2.14. The van der Waals surface area contributed by atoms with Crippen LogP contribution in [0.2, 0.25) is 0 Å². The number of nitrogens with zero attached hydrogens (tertiary/aromatic N) is 1. The number of aromatic amines is 1. The minimum atomic E-state index is -0.907. The first-order chi connectivity index (χ1) is 8.45. The molecular weight excluding hydrogens is 343 g/mol. The molecule has 1 aliphatic heterocycles. The molecule has 1 aromatic heterocycles. The van der Waals surface area contributed by atoms with Gasteiger partial charge in [0.2, 0.25) is 0 Å². The number of halogens is 1. The van der Waals surface area contributed by atoms with Gasteiger partial charge in [0.05, 0.1) is 17.7 Å². The lowest BCUT2D eigenvalue weighted by Crippen LogP contribution is -2.33. The van der Waals surface area contributed by atoms with E-state index >= 15 is 0 Å². The molecule has 0 spiro atoms. The Balaban J connectivity index is 2.45. The third-order valence-electron chi connectivity index (χ3n) is 2.53. The number of rotatable bonds is 2. The summed E-state index contributed by atoms with van der Waals surface area (Å²) in [6, 6.07) is 0. The van der Waals surface area contributed by atoms with E-state index in [9.17, 15) is 14.7 Å². The van der Waals surface area contributed by atoms with Gasteiger partial charge in [-0.2, -0.15) is 0 Å². The Kier molecular flexibility index (Phi) is 3.27. The fraction of sp³-hybridized carbons (Fsp3) is 0.556. The van der Waals surface area contributed by atoms with E-state index < -0.39 is 29.7 Å². The molecule has 1 fully saturated rings. The predicted molar refractivity (Wildman–Crippen MR) is 65.7 cm³/mol. The molecule has 0 aromatic carbocycles. The van der Waals surface area contributed by atoms with Gasteiger partial charge >= 0.3 is 5.69 Å². The maximum atomic E-state index is 11.7. The molecule has 0 saturated carbocycles.